The predicted molar refractivity (Wildman–Crippen MR) is 84.1 cm³/mol. The topological polar surface area (TPSA) is 66.9 Å². The van der Waals surface area contributed by atoms with E-state index >= 15 is 0 Å². The van der Waals surface area contributed by atoms with Crippen LogP contribution in [0.1, 0.15) is 13.8 Å². The fourth-order valence-corrected chi connectivity index (χ4v) is 5.27. The highest BCUT2D eigenvalue weighted by molar-refractivity contribution is 7.91. The number of nitrogens with zero attached hydrogens (tertiary/aromatic N) is 2. The monoisotopic (exact) mass is 324 g/mol. The summed E-state index contributed by atoms with van der Waals surface area (Å²) in [5, 5.41) is 0. The van der Waals surface area contributed by atoms with Crippen LogP contribution in [-0.4, -0.2) is 56.1 Å². The number of hydrogen-bond acceptors (Lipinski definition) is 4. The first kappa shape index (κ1) is 15.1. The summed E-state index contributed by atoms with van der Waals surface area (Å²) in [6.07, 6.45) is 0. The van der Waals surface area contributed by atoms with Crippen molar-refractivity contribution in [2.45, 2.75) is 25.9 Å². The zero-order valence-corrected chi connectivity index (χ0v) is 13.5. The number of carbonyl (C=O) groups excluding carboxylic acids is 1. The Labute approximate surface area is 130 Å². The Balaban J connectivity index is 1.93. The molecule has 0 saturated carbocycles. The number of carbonyl (C=O) groups is 1. The summed E-state index contributed by atoms with van der Waals surface area (Å²) in [5.74, 6) is 0.832. The van der Waals surface area contributed by atoms with E-state index in [2.05, 4.69) is 0 Å². The SMILES string of the molecule is CCOc1ccc(N2C(=O)N(CC)C3CS(=O)(=O)CC32)cc1. The molecule has 0 bridgehead atoms. The van der Waals surface area contributed by atoms with Crippen LogP contribution in [0.15, 0.2) is 24.3 Å². The zero-order valence-electron chi connectivity index (χ0n) is 12.7. The summed E-state index contributed by atoms with van der Waals surface area (Å²) in [6.45, 7) is 4.88. The van der Waals surface area contributed by atoms with E-state index in [9.17, 15) is 13.2 Å². The first-order chi connectivity index (χ1) is 10.5. The van der Waals surface area contributed by atoms with Gasteiger partial charge in [0.1, 0.15) is 5.75 Å². The van der Waals surface area contributed by atoms with Gasteiger partial charge in [-0.15, -0.1) is 0 Å². The lowest BCUT2D eigenvalue weighted by atomic mass is 10.1. The highest BCUT2D eigenvalue weighted by atomic mass is 32.2. The summed E-state index contributed by atoms with van der Waals surface area (Å²) in [6, 6.07) is 6.58. The van der Waals surface area contributed by atoms with Gasteiger partial charge in [0.25, 0.3) is 0 Å². The van der Waals surface area contributed by atoms with Crippen molar-refractivity contribution >= 4 is 21.6 Å². The summed E-state index contributed by atoms with van der Waals surface area (Å²) in [4.78, 5) is 15.9. The van der Waals surface area contributed by atoms with E-state index < -0.39 is 9.84 Å². The molecular formula is C15H20N2O4S. The second kappa shape index (κ2) is 5.46. The summed E-state index contributed by atoms with van der Waals surface area (Å²) < 4.78 is 29.3. The molecule has 22 heavy (non-hydrogen) atoms. The number of hydrogen-bond donors (Lipinski definition) is 0. The zero-order chi connectivity index (χ0) is 15.9. The molecule has 2 aliphatic heterocycles. The molecule has 2 heterocycles. The fourth-order valence-electron chi connectivity index (χ4n) is 3.32. The Bertz CT molecular complexity index is 671. The minimum atomic E-state index is -3.09. The van der Waals surface area contributed by atoms with Gasteiger partial charge in [0.15, 0.2) is 9.84 Å². The maximum Gasteiger partial charge on any atom is 0.325 e. The van der Waals surface area contributed by atoms with Crippen molar-refractivity contribution in [3.05, 3.63) is 24.3 Å². The summed E-state index contributed by atoms with van der Waals surface area (Å²) >= 11 is 0. The maximum atomic E-state index is 12.6. The van der Waals surface area contributed by atoms with Crippen molar-refractivity contribution < 1.29 is 17.9 Å². The molecule has 1 aromatic rings. The van der Waals surface area contributed by atoms with E-state index in [0.29, 0.717) is 13.2 Å². The van der Waals surface area contributed by atoms with E-state index in [1.165, 1.54) is 0 Å². The van der Waals surface area contributed by atoms with Crippen molar-refractivity contribution in [3.63, 3.8) is 0 Å². The second-order valence-corrected chi connectivity index (χ2v) is 7.73. The number of sulfone groups is 1. The lowest BCUT2D eigenvalue weighted by molar-refractivity contribution is 0.212. The van der Waals surface area contributed by atoms with Crippen molar-refractivity contribution in [2.24, 2.45) is 0 Å². The molecular weight excluding hydrogens is 304 g/mol. The molecule has 0 N–H and O–H groups in total. The van der Waals surface area contributed by atoms with E-state index in [1.807, 2.05) is 26.0 Å². The standard InChI is InChI=1S/C15H20N2O4S/c1-3-16-13-9-22(19,20)10-14(13)17(15(16)18)11-5-7-12(8-6-11)21-4-2/h5-8,13-14H,3-4,9-10H2,1-2H3. The van der Waals surface area contributed by atoms with Gasteiger partial charge in [0.2, 0.25) is 0 Å². The third-order valence-corrected chi connectivity index (χ3v) is 5.94. The normalized spacial score (nSPS) is 26.4. The molecule has 0 aliphatic carbocycles. The van der Waals surface area contributed by atoms with Crippen LogP contribution in [0.25, 0.3) is 0 Å². The van der Waals surface area contributed by atoms with Gasteiger partial charge in [-0.25, -0.2) is 13.2 Å². The van der Waals surface area contributed by atoms with Crippen LogP contribution < -0.4 is 9.64 Å². The number of anilines is 1. The van der Waals surface area contributed by atoms with Crippen LogP contribution in [0.2, 0.25) is 0 Å². The van der Waals surface area contributed by atoms with Gasteiger partial charge >= 0.3 is 6.03 Å². The quantitative estimate of drug-likeness (QED) is 0.788. The Hall–Kier alpha value is -1.76. The molecule has 7 heteroatoms. The van der Waals surface area contributed by atoms with Gasteiger partial charge in [-0.2, -0.15) is 0 Å². The highest BCUT2D eigenvalue weighted by Gasteiger charge is 2.53. The van der Waals surface area contributed by atoms with Crippen LogP contribution in [0.3, 0.4) is 0 Å². The third kappa shape index (κ3) is 2.43. The van der Waals surface area contributed by atoms with E-state index in [1.54, 1.807) is 21.9 Å². The minimum absolute atomic E-state index is 0.0348. The molecule has 0 spiro atoms. The molecule has 2 saturated heterocycles. The smallest absolute Gasteiger partial charge is 0.325 e. The largest absolute Gasteiger partial charge is 0.494 e. The lowest BCUT2D eigenvalue weighted by Gasteiger charge is -2.22. The van der Waals surface area contributed by atoms with Crippen LogP contribution in [0.4, 0.5) is 10.5 Å². The molecule has 6 nitrogen and oxygen atoms in total. The maximum absolute atomic E-state index is 12.6. The highest BCUT2D eigenvalue weighted by Crippen LogP contribution is 2.35. The molecule has 2 aliphatic rings. The average Bonchev–Trinajstić information content (AvgIpc) is 2.89. The van der Waals surface area contributed by atoms with E-state index in [0.717, 1.165) is 11.4 Å². The van der Waals surface area contributed by atoms with Gasteiger partial charge < -0.3 is 9.64 Å². The van der Waals surface area contributed by atoms with Gasteiger partial charge in [0, 0.05) is 12.2 Å². The van der Waals surface area contributed by atoms with Gasteiger partial charge in [-0.3, -0.25) is 4.90 Å². The number of urea groups is 1. The summed E-state index contributed by atoms with van der Waals surface area (Å²) in [7, 11) is -3.09. The molecule has 2 unspecified atom stereocenters. The van der Waals surface area contributed by atoms with Crippen LogP contribution >= 0.6 is 0 Å². The average molecular weight is 324 g/mol. The molecule has 0 aromatic heterocycles. The van der Waals surface area contributed by atoms with Crippen LogP contribution in [-0.2, 0) is 9.84 Å². The third-order valence-electron chi connectivity index (χ3n) is 4.24. The van der Waals surface area contributed by atoms with Gasteiger partial charge in [-0.1, -0.05) is 0 Å². The number of ether oxygens (including phenoxy) is 1. The van der Waals surface area contributed by atoms with Gasteiger partial charge in [-0.05, 0) is 38.1 Å². The number of likely N-dealkylation sites (N-methyl/N-ethyl adjacent to an activating group) is 1. The Kier molecular flexibility index (Phi) is 3.76. The molecule has 2 atom stereocenters. The first-order valence-electron chi connectivity index (χ1n) is 7.50. The van der Waals surface area contributed by atoms with Gasteiger partial charge in [0.05, 0.1) is 30.2 Å². The molecule has 120 valence electrons. The molecule has 0 radical (unpaired) electrons. The fraction of sp³-hybridized carbons (Fsp3) is 0.533. The molecule has 2 amide bonds. The van der Waals surface area contributed by atoms with Crippen molar-refractivity contribution in [1.82, 2.24) is 4.90 Å². The van der Waals surface area contributed by atoms with Crippen LogP contribution in [0.5, 0.6) is 5.75 Å². The molecule has 1 aromatic carbocycles. The Morgan fingerprint density at radius 1 is 1.14 bits per heavy atom. The number of amides is 2. The van der Waals surface area contributed by atoms with Crippen molar-refractivity contribution in [2.75, 3.05) is 29.6 Å². The van der Waals surface area contributed by atoms with E-state index in [4.69, 9.17) is 4.74 Å². The number of benzene rings is 1. The first-order valence-corrected chi connectivity index (χ1v) is 9.32. The number of rotatable bonds is 4. The summed E-state index contributed by atoms with van der Waals surface area (Å²) in [5.41, 5.74) is 0.719. The van der Waals surface area contributed by atoms with E-state index in [-0.39, 0.29) is 29.6 Å². The second-order valence-electron chi connectivity index (χ2n) is 5.58. The number of fused-ring (bicyclic) bond motifs is 1. The minimum Gasteiger partial charge on any atom is -0.494 e. The Morgan fingerprint density at radius 2 is 1.77 bits per heavy atom. The predicted octanol–water partition coefficient (Wildman–Crippen LogP) is 1.51. The van der Waals surface area contributed by atoms with Crippen molar-refractivity contribution in [3.8, 4) is 5.75 Å². The van der Waals surface area contributed by atoms with Crippen LogP contribution in [0, 0.1) is 0 Å². The Morgan fingerprint density at radius 3 is 2.36 bits per heavy atom. The molecule has 2 fully saturated rings. The molecule has 3 rings (SSSR count). The van der Waals surface area contributed by atoms with Crippen molar-refractivity contribution in [1.29, 1.82) is 0 Å². The lowest BCUT2D eigenvalue weighted by Crippen LogP contribution is -2.37.